The van der Waals surface area contributed by atoms with Gasteiger partial charge in [0, 0.05) is 10.9 Å². The van der Waals surface area contributed by atoms with Crippen molar-refractivity contribution in [3.8, 4) is 0 Å². The fourth-order valence-electron chi connectivity index (χ4n) is 2.25. The molecule has 2 aromatic rings. The Morgan fingerprint density at radius 2 is 2.00 bits per heavy atom. The normalized spacial score (nSPS) is 16.0. The molecule has 0 N–H and O–H groups in total. The number of rotatable bonds is 2. The minimum absolute atomic E-state index is 0.0257. The van der Waals surface area contributed by atoms with Crippen LogP contribution in [-0.4, -0.2) is 11.2 Å². The van der Waals surface area contributed by atoms with Crippen LogP contribution >= 0.6 is 27.3 Å². The number of nitrogens with zero attached hydrogens (tertiary/aromatic N) is 1. The first-order valence-corrected chi connectivity index (χ1v) is 8.34. The molecular weight excluding hydrogens is 363 g/mol. The van der Waals surface area contributed by atoms with Crippen LogP contribution in [0.4, 0.5) is 13.2 Å². The highest BCUT2D eigenvalue weighted by atomic mass is 79.9. The zero-order valence-electron chi connectivity index (χ0n) is 10.9. The molecule has 1 aromatic carbocycles. The lowest BCUT2D eigenvalue weighted by atomic mass is 9.98. The monoisotopic (exact) mass is 373 g/mol. The molecular formula is C15H11BrF3NS. The van der Waals surface area contributed by atoms with Crippen LogP contribution < -0.4 is 0 Å². The summed E-state index contributed by atoms with van der Waals surface area (Å²) in [6.45, 7) is 0. The van der Waals surface area contributed by atoms with Gasteiger partial charge in [-0.15, -0.1) is 11.3 Å². The van der Waals surface area contributed by atoms with Gasteiger partial charge >= 0.3 is 6.18 Å². The van der Waals surface area contributed by atoms with Crippen LogP contribution in [0.15, 0.2) is 35.9 Å². The van der Waals surface area contributed by atoms with Crippen molar-refractivity contribution in [2.24, 2.45) is 0 Å². The quantitative estimate of drug-likeness (QED) is 0.601. The van der Waals surface area contributed by atoms with Crippen LogP contribution in [0.2, 0.25) is 0 Å². The molecule has 3 rings (SSSR count). The van der Waals surface area contributed by atoms with Crippen LogP contribution in [0.5, 0.6) is 0 Å². The number of fused-ring (bicyclic) bond motifs is 1. The van der Waals surface area contributed by atoms with Gasteiger partial charge in [0.15, 0.2) is 0 Å². The smallest absolute Gasteiger partial charge is 0.236 e. The Morgan fingerprint density at radius 3 is 2.62 bits per heavy atom. The molecule has 1 nitrogen and oxygen atoms in total. The second-order valence-electron chi connectivity index (χ2n) is 4.84. The van der Waals surface area contributed by atoms with E-state index in [1.165, 1.54) is 17.4 Å². The van der Waals surface area contributed by atoms with Gasteiger partial charge in [-0.25, -0.2) is 4.98 Å². The molecule has 0 amide bonds. The van der Waals surface area contributed by atoms with Gasteiger partial charge in [-0.1, -0.05) is 34.1 Å². The fourth-order valence-corrected chi connectivity index (χ4v) is 3.59. The number of benzene rings is 1. The largest absolute Gasteiger partial charge is 0.412 e. The summed E-state index contributed by atoms with van der Waals surface area (Å²) >= 11 is 4.93. The highest BCUT2D eigenvalue weighted by Gasteiger charge is 2.34. The molecule has 1 heterocycles. The van der Waals surface area contributed by atoms with Gasteiger partial charge in [0.05, 0.1) is 10.2 Å². The van der Waals surface area contributed by atoms with Gasteiger partial charge in [0.25, 0.3) is 0 Å². The average Bonchev–Trinajstić information content (AvgIpc) is 2.89. The van der Waals surface area contributed by atoms with Crippen molar-refractivity contribution in [2.75, 3.05) is 0 Å². The van der Waals surface area contributed by atoms with E-state index in [9.17, 15) is 13.2 Å². The van der Waals surface area contributed by atoms with Crippen molar-refractivity contribution in [1.29, 1.82) is 0 Å². The van der Waals surface area contributed by atoms with E-state index < -0.39 is 11.7 Å². The third-order valence-corrected chi connectivity index (χ3v) is 5.15. The van der Waals surface area contributed by atoms with Crippen molar-refractivity contribution in [3.05, 3.63) is 46.5 Å². The molecule has 110 valence electrons. The molecule has 0 radical (unpaired) electrons. The number of alkyl halides is 4. The zero-order valence-corrected chi connectivity index (χ0v) is 13.3. The highest BCUT2D eigenvalue weighted by Crippen LogP contribution is 2.37. The zero-order chi connectivity index (χ0) is 15.0. The molecule has 1 aliphatic rings. The molecule has 0 spiro atoms. The Morgan fingerprint density at radius 1 is 1.19 bits per heavy atom. The average molecular weight is 374 g/mol. The molecule has 21 heavy (non-hydrogen) atoms. The minimum atomic E-state index is -4.22. The van der Waals surface area contributed by atoms with E-state index in [0.29, 0.717) is 6.42 Å². The summed E-state index contributed by atoms with van der Waals surface area (Å²) in [5.41, 5.74) is 2.45. The maximum atomic E-state index is 12.6. The molecule has 0 atom stereocenters. The van der Waals surface area contributed by atoms with Crippen LogP contribution in [-0.2, 0) is 5.33 Å². The Kier molecular flexibility index (Phi) is 3.92. The summed E-state index contributed by atoms with van der Waals surface area (Å²) in [5.74, 6) is 0. The minimum Gasteiger partial charge on any atom is -0.236 e. The van der Waals surface area contributed by atoms with Gasteiger partial charge in [0.2, 0.25) is 0 Å². The first-order valence-electron chi connectivity index (χ1n) is 6.40. The number of aromatic nitrogens is 1. The van der Waals surface area contributed by atoms with E-state index in [-0.39, 0.29) is 6.42 Å². The molecule has 0 aliphatic heterocycles. The number of hydrogen-bond donors (Lipinski definition) is 0. The Bertz CT molecular complexity index is 743. The number of hydrogen-bond acceptors (Lipinski definition) is 2. The first kappa shape index (κ1) is 14.8. The van der Waals surface area contributed by atoms with E-state index in [1.54, 1.807) is 6.08 Å². The lowest BCUT2D eigenvalue weighted by Gasteiger charge is -2.15. The Balaban J connectivity index is 1.95. The van der Waals surface area contributed by atoms with Crippen molar-refractivity contribution < 1.29 is 13.2 Å². The Labute approximate surface area is 132 Å². The summed E-state index contributed by atoms with van der Waals surface area (Å²) in [7, 11) is 0. The van der Waals surface area contributed by atoms with Gasteiger partial charge in [-0.2, -0.15) is 13.2 Å². The van der Waals surface area contributed by atoms with Crippen molar-refractivity contribution in [3.63, 3.8) is 0 Å². The van der Waals surface area contributed by atoms with Crippen molar-refractivity contribution in [2.45, 2.75) is 24.3 Å². The molecule has 0 bridgehead atoms. The summed E-state index contributed by atoms with van der Waals surface area (Å²) in [4.78, 5) is 4.55. The van der Waals surface area contributed by atoms with Gasteiger partial charge in [0.1, 0.15) is 5.01 Å². The number of thiazole rings is 1. The van der Waals surface area contributed by atoms with Gasteiger partial charge in [-0.3, -0.25) is 0 Å². The van der Waals surface area contributed by atoms with E-state index >= 15 is 0 Å². The predicted octanol–water partition coefficient (Wildman–Crippen LogP) is 5.86. The first-order chi connectivity index (χ1) is 9.97. The van der Waals surface area contributed by atoms with E-state index in [1.807, 2.05) is 18.2 Å². The topological polar surface area (TPSA) is 12.9 Å². The van der Waals surface area contributed by atoms with Crippen LogP contribution in [0.1, 0.15) is 23.4 Å². The maximum Gasteiger partial charge on any atom is 0.412 e. The van der Waals surface area contributed by atoms with E-state index in [4.69, 9.17) is 0 Å². The second-order valence-corrected chi connectivity index (χ2v) is 6.43. The van der Waals surface area contributed by atoms with Gasteiger partial charge in [-0.05, 0) is 36.1 Å². The Hall–Kier alpha value is -1.14. The summed E-state index contributed by atoms with van der Waals surface area (Å²) < 4.78 is 38.9. The number of halogens is 4. The molecule has 6 heteroatoms. The highest BCUT2D eigenvalue weighted by molar-refractivity contribution is 9.08. The lowest BCUT2D eigenvalue weighted by Crippen LogP contribution is -2.13. The van der Waals surface area contributed by atoms with E-state index in [0.717, 1.165) is 31.7 Å². The fraction of sp³-hybridized carbons (Fsp3) is 0.267. The molecule has 0 fully saturated rings. The second kappa shape index (κ2) is 5.57. The molecule has 1 aliphatic carbocycles. The summed E-state index contributed by atoms with van der Waals surface area (Å²) in [5, 5.41) is 1.57. The summed E-state index contributed by atoms with van der Waals surface area (Å²) in [6.07, 6.45) is -1.08. The SMILES string of the molecule is FC(F)(F)C1=CC=C(c2nc3cc(CBr)ccc3s2)CC1. The van der Waals surface area contributed by atoms with Crippen LogP contribution in [0, 0.1) is 0 Å². The molecule has 0 unspecified atom stereocenters. The third-order valence-electron chi connectivity index (χ3n) is 3.39. The number of allylic oxidation sites excluding steroid dienone is 4. The van der Waals surface area contributed by atoms with E-state index in [2.05, 4.69) is 20.9 Å². The molecule has 0 saturated carbocycles. The molecule has 1 aromatic heterocycles. The lowest BCUT2D eigenvalue weighted by molar-refractivity contribution is -0.0939. The predicted molar refractivity (Wildman–Crippen MR) is 83.6 cm³/mol. The van der Waals surface area contributed by atoms with Crippen molar-refractivity contribution >= 4 is 43.1 Å². The van der Waals surface area contributed by atoms with Crippen LogP contribution in [0.3, 0.4) is 0 Å². The standard InChI is InChI=1S/C15H11BrF3NS/c16-8-9-1-6-13-12(7-9)20-14(21-13)10-2-4-11(5-3-10)15(17,18)19/h1-2,4,6-7H,3,5,8H2. The van der Waals surface area contributed by atoms with Gasteiger partial charge < -0.3 is 0 Å². The van der Waals surface area contributed by atoms with Crippen molar-refractivity contribution in [1.82, 2.24) is 4.98 Å². The van der Waals surface area contributed by atoms with Crippen LogP contribution in [0.25, 0.3) is 15.8 Å². The third kappa shape index (κ3) is 3.06. The molecule has 0 saturated heterocycles. The summed E-state index contributed by atoms with van der Waals surface area (Å²) in [6, 6.07) is 6.04. The maximum absolute atomic E-state index is 12.6.